The van der Waals surface area contributed by atoms with Gasteiger partial charge in [0.2, 0.25) is 5.13 Å². The Morgan fingerprint density at radius 1 is 1.32 bits per heavy atom. The van der Waals surface area contributed by atoms with Gasteiger partial charge in [-0.05, 0) is 32.4 Å². The molecule has 1 N–H and O–H groups in total. The van der Waals surface area contributed by atoms with E-state index in [-0.39, 0.29) is 11.7 Å². The van der Waals surface area contributed by atoms with Crippen LogP contribution in [-0.2, 0) is 6.42 Å². The van der Waals surface area contributed by atoms with E-state index in [0.29, 0.717) is 21.9 Å². The van der Waals surface area contributed by atoms with Gasteiger partial charge in [-0.15, -0.1) is 10.2 Å². The summed E-state index contributed by atoms with van der Waals surface area (Å²) in [7, 11) is 0. The van der Waals surface area contributed by atoms with E-state index in [1.807, 2.05) is 20.8 Å². The van der Waals surface area contributed by atoms with E-state index in [1.54, 1.807) is 18.2 Å². The van der Waals surface area contributed by atoms with Gasteiger partial charge in [0.25, 0.3) is 5.91 Å². The number of aryl methyl sites for hydroxylation is 1. The maximum Gasteiger partial charge on any atom is 0.337 e. The van der Waals surface area contributed by atoms with Crippen molar-refractivity contribution in [3.63, 3.8) is 0 Å². The number of hydrogen-bond donors (Lipinski definition) is 1. The number of rotatable bonds is 5. The van der Waals surface area contributed by atoms with Crippen molar-refractivity contribution in [2.24, 2.45) is 0 Å². The summed E-state index contributed by atoms with van der Waals surface area (Å²) in [4.78, 5) is 24.4. The molecule has 0 spiro atoms. The standard InChI is InChI=1S/C17H17N3O4S/c1-4-14-19-20-17(25-14)18-16(22)12-8-15(21)24-13-7-10(23-9(2)3)5-6-11(12)13/h5-9H,4H2,1-3H3,(H,18,20,22). The Hall–Kier alpha value is -2.74. The Bertz CT molecular complexity index is 977. The number of nitrogens with zero attached hydrogens (tertiary/aromatic N) is 2. The maximum atomic E-state index is 12.6. The van der Waals surface area contributed by atoms with Crippen LogP contribution in [0.25, 0.3) is 11.0 Å². The highest BCUT2D eigenvalue weighted by Crippen LogP contribution is 2.24. The molecular weight excluding hydrogens is 342 g/mol. The minimum Gasteiger partial charge on any atom is -0.491 e. The van der Waals surface area contributed by atoms with Gasteiger partial charge >= 0.3 is 5.63 Å². The second-order valence-corrected chi connectivity index (χ2v) is 6.67. The molecule has 3 aromatic rings. The summed E-state index contributed by atoms with van der Waals surface area (Å²) in [6, 6.07) is 6.21. The Morgan fingerprint density at radius 3 is 2.80 bits per heavy atom. The van der Waals surface area contributed by atoms with Crippen LogP contribution in [0.15, 0.2) is 33.5 Å². The molecule has 8 heteroatoms. The van der Waals surface area contributed by atoms with E-state index in [4.69, 9.17) is 9.15 Å². The summed E-state index contributed by atoms with van der Waals surface area (Å²) in [6.45, 7) is 5.76. The van der Waals surface area contributed by atoms with E-state index in [1.165, 1.54) is 17.4 Å². The Kier molecular flexibility index (Phi) is 4.80. The van der Waals surface area contributed by atoms with Crippen molar-refractivity contribution in [2.75, 3.05) is 5.32 Å². The highest BCUT2D eigenvalue weighted by Gasteiger charge is 2.16. The molecule has 0 saturated heterocycles. The van der Waals surface area contributed by atoms with Crippen molar-refractivity contribution in [3.8, 4) is 5.75 Å². The topological polar surface area (TPSA) is 94.3 Å². The smallest absolute Gasteiger partial charge is 0.337 e. The number of fused-ring (bicyclic) bond motifs is 1. The quantitative estimate of drug-likeness (QED) is 0.703. The van der Waals surface area contributed by atoms with Crippen LogP contribution < -0.4 is 15.7 Å². The van der Waals surface area contributed by atoms with Crippen molar-refractivity contribution >= 4 is 33.3 Å². The maximum absolute atomic E-state index is 12.6. The second kappa shape index (κ2) is 7.02. The van der Waals surface area contributed by atoms with Crippen molar-refractivity contribution in [2.45, 2.75) is 33.3 Å². The molecule has 7 nitrogen and oxygen atoms in total. The molecular formula is C17H17N3O4S. The molecule has 2 heterocycles. The number of ether oxygens (including phenoxy) is 1. The fourth-order valence-corrected chi connectivity index (χ4v) is 2.96. The van der Waals surface area contributed by atoms with Crippen LogP contribution in [0, 0.1) is 0 Å². The summed E-state index contributed by atoms with van der Waals surface area (Å²) in [6.07, 6.45) is 0.727. The zero-order valence-electron chi connectivity index (χ0n) is 14.0. The van der Waals surface area contributed by atoms with Gasteiger partial charge < -0.3 is 9.15 Å². The molecule has 0 unspecified atom stereocenters. The van der Waals surface area contributed by atoms with Gasteiger partial charge in [0.1, 0.15) is 16.3 Å². The first-order valence-electron chi connectivity index (χ1n) is 7.84. The number of benzene rings is 1. The van der Waals surface area contributed by atoms with Crippen molar-refractivity contribution < 1.29 is 13.9 Å². The number of amides is 1. The molecule has 1 amide bonds. The van der Waals surface area contributed by atoms with Crippen LogP contribution in [0.1, 0.15) is 36.1 Å². The molecule has 0 aliphatic rings. The average Bonchev–Trinajstić information content (AvgIpc) is 3.00. The Labute approximate surface area is 147 Å². The number of anilines is 1. The highest BCUT2D eigenvalue weighted by atomic mass is 32.1. The molecule has 0 aliphatic carbocycles. The number of nitrogens with one attached hydrogen (secondary N) is 1. The van der Waals surface area contributed by atoms with E-state index in [0.717, 1.165) is 11.4 Å². The predicted molar refractivity (Wildman–Crippen MR) is 95.5 cm³/mol. The van der Waals surface area contributed by atoms with Crippen LogP contribution >= 0.6 is 11.3 Å². The molecule has 25 heavy (non-hydrogen) atoms. The zero-order chi connectivity index (χ0) is 18.0. The lowest BCUT2D eigenvalue weighted by molar-refractivity contribution is 0.102. The summed E-state index contributed by atoms with van der Waals surface area (Å²) in [5, 5.41) is 12.3. The molecule has 2 aromatic heterocycles. The lowest BCUT2D eigenvalue weighted by atomic mass is 10.1. The molecule has 0 saturated carbocycles. The minimum absolute atomic E-state index is 0.0131. The molecule has 0 fully saturated rings. The SMILES string of the molecule is CCc1nnc(NC(=O)c2cc(=O)oc3cc(OC(C)C)ccc23)s1. The summed E-state index contributed by atoms with van der Waals surface area (Å²) in [5.74, 6) is 0.133. The Morgan fingerprint density at radius 2 is 2.12 bits per heavy atom. The molecule has 1 aromatic carbocycles. The van der Waals surface area contributed by atoms with Gasteiger partial charge in [-0.25, -0.2) is 4.79 Å². The fraction of sp³-hybridized carbons (Fsp3) is 0.294. The third-order valence-corrected chi connectivity index (χ3v) is 4.31. The lowest BCUT2D eigenvalue weighted by Crippen LogP contribution is -2.15. The highest BCUT2D eigenvalue weighted by molar-refractivity contribution is 7.15. The third-order valence-electron chi connectivity index (χ3n) is 3.32. The average molecular weight is 359 g/mol. The number of carbonyl (C=O) groups excluding carboxylic acids is 1. The molecule has 0 atom stereocenters. The van der Waals surface area contributed by atoms with Gasteiger partial charge in [-0.2, -0.15) is 0 Å². The molecule has 3 rings (SSSR count). The minimum atomic E-state index is -0.606. The number of aromatic nitrogens is 2. The first-order valence-corrected chi connectivity index (χ1v) is 8.66. The first-order chi connectivity index (χ1) is 12.0. The van der Waals surface area contributed by atoms with Crippen LogP contribution in [0.4, 0.5) is 5.13 Å². The largest absolute Gasteiger partial charge is 0.491 e. The molecule has 0 bridgehead atoms. The summed E-state index contributed by atoms with van der Waals surface area (Å²) in [5.41, 5.74) is -0.0937. The van der Waals surface area contributed by atoms with Crippen LogP contribution in [-0.4, -0.2) is 22.2 Å². The molecule has 0 radical (unpaired) electrons. The summed E-state index contributed by atoms with van der Waals surface area (Å²) >= 11 is 1.30. The van der Waals surface area contributed by atoms with E-state index >= 15 is 0 Å². The van der Waals surface area contributed by atoms with E-state index < -0.39 is 11.5 Å². The number of carbonyl (C=O) groups is 1. The summed E-state index contributed by atoms with van der Waals surface area (Å²) < 4.78 is 10.8. The molecule has 0 aliphatic heterocycles. The van der Waals surface area contributed by atoms with Crippen molar-refractivity contribution in [1.29, 1.82) is 0 Å². The van der Waals surface area contributed by atoms with E-state index in [2.05, 4.69) is 15.5 Å². The molecule has 130 valence electrons. The van der Waals surface area contributed by atoms with Crippen LogP contribution in [0.2, 0.25) is 0 Å². The Balaban J connectivity index is 1.97. The predicted octanol–water partition coefficient (Wildman–Crippen LogP) is 3.25. The van der Waals surface area contributed by atoms with Crippen molar-refractivity contribution in [1.82, 2.24) is 10.2 Å². The fourth-order valence-electron chi connectivity index (χ4n) is 2.29. The van der Waals surface area contributed by atoms with Crippen molar-refractivity contribution in [3.05, 3.63) is 45.3 Å². The van der Waals surface area contributed by atoms with Gasteiger partial charge in [-0.3, -0.25) is 10.1 Å². The van der Waals surface area contributed by atoms with Gasteiger partial charge in [0.05, 0.1) is 11.7 Å². The zero-order valence-corrected chi connectivity index (χ0v) is 14.8. The van der Waals surface area contributed by atoms with Gasteiger partial charge in [0, 0.05) is 17.5 Å². The number of hydrogen-bond acceptors (Lipinski definition) is 7. The lowest BCUT2D eigenvalue weighted by Gasteiger charge is -2.10. The second-order valence-electron chi connectivity index (χ2n) is 5.61. The van der Waals surface area contributed by atoms with Crippen LogP contribution in [0.5, 0.6) is 5.75 Å². The normalized spacial score (nSPS) is 11.0. The van der Waals surface area contributed by atoms with E-state index in [9.17, 15) is 9.59 Å². The third kappa shape index (κ3) is 3.85. The van der Waals surface area contributed by atoms with Gasteiger partial charge in [0.15, 0.2) is 0 Å². The first kappa shape index (κ1) is 17.1. The monoisotopic (exact) mass is 359 g/mol. The van der Waals surface area contributed by atoms with Crippen LogP contribution in [0.3, 0.4) is 0 Å². The van der Waals surface area contributed by atoms with Gasteiger partial charge in [-0.1, -0.05) is 18.3 Å².